The summed E-state index contributed by atoms with van der Waals surface area (Å²) in [6.45, 7) is 14.5. The van der Waals surface area contributed by atoms with Crippen molar-refractivity contribution in [2.75, 3.05) is 39.3 Å². The van der Waals surface area contributed by atoms with Gasteiger partial charge in [0.25, 0.3) is 0 Å². The van der Waals surface area contributed by atoms with Crippen molar-refractivity contribution in [1.29, 1.82) is 0 Å². The normalized spacial score (nSPS) is 20.5. The smallest absolute Gasteiger partial charge is 0.136 e. The SMILES string of the molecule is CCN1CCN(CC(C)(C)C(C)=O)CC1. The summed E-state index contributed by atoms with van der Waals surface area (Å²) in [6, 6.07) is 0. The Balaban J connectivity index is 2.38. The summed E-state index contributed by atoms with van der Waals surface area (Å²) < 4.78 is 0. The van der Waals surface area contributed by atoms with E-state index < -0.39 is 0 Å². The largest absolute Gasteiger partial charge is 0.301 e. The van der Waals surface area contributed by atoms with E-state index >= 15 is 0 Å². The highest BCUT2D eigenvalue weighted by molar-refractivity contribution is 5.81. The maximum absolute atomic E-state index is 11.4. The molecule has 1 heterocycles. The lowest BCUT2D eigenvalue weighted by atomic mass is 9.88. The van der Waals surface area contributed by atoms with Crippen molar-refractivity contribution in [2.24, 2.45) is 5.41 Å². The maximum Gasteiger partial charge on any atom is 0.136 e. The fraction of sp³-hybridized carbons (Fsp3) is 0.917. The topological polar surface area (TPSA) is 23.6 Å². The highest BCUT2D eigenvalue weighted by Crippen LogP contribution is 2.19. The highest BCUT2D eigenvalue weighted by atomic mass is 16.1. The van der Waals surface area contributed by atoms with Crippen LogP contribution in [-0.2, 0) is 4.79 Å². The first kappa shape index (κ1) is 12.7. The minimum Gasteiger partial charge on any atom is -0.301 e. The molecule has 1 aliphatic heterocycles. The average molecular weight is 212 g/mol. The van der Waals surface area contributed by atoms with Crippen molar-refractivity contribution < 1.29 is 4.79 Å². The molecule has 3 heteroatoms. The first-order chi connectivity index (χ1) is 6.95. The van der Waals surface area contributed by atoms with Crippen LogP contribution in [-0.4, -0.2) is 54.9 Å². The molecule has 0 spiro atoms. The number of Topliss-reactive ketones (excluding diaryl/α,β-unsaturated/α-hetero) is 1. The van der Waals surface area contributed by atoms with Crippen molar-refractivity contribution in [3.8, 4) is 0 Å². The van der Waals surface area contributed by atoms with Gasteiger partial charge in [0.15, 0.2) is 0 Å². The lowest BCUT2D eigenvalue weighted by molar-refractivity contribution is -0.126. The number of hydrogen-bond acceptors (Lipinski definition) is 3. The predicted octanol–water partition coefficient (Wildman–Crippen LogP) is 1.24. The van der Waals surface area contributed by atoms with Gasteiger partial charge in [0, 0.05) is 38.1 Å². The van der Waals surface area contributed by atoms with E-state index in [2.05, 4.69) is 16.7 Å². The van der Waals surface area contributed by atoms with Gasteiger partial charge in [-0.25, -0.2) is 0 Å². The lowest BCUT2D eigenvalue weighted by Gasteiger charge is -2.37. The fourth-order valence-corrected chi connectivity index (χ4v) is 1.93. The van der Waals surface area contributed by atoms with E-state index in [9.17, 15) is 4.79 Å². The molecule has 0 atom stereocenters. The Morgan fingerprint density at radius 2 is 1.60 bits per heavy atom. The molecule has 0 radical (unpaired) electrons. The first-order valence-corrected chi connectivity index (χ1v) is 5.91. The van der Waals surface area contributed by atoms with Gasteiger partial charge in [-0.05, 0) is 13.5 Å². The van der Waals surface area contributed by atoms with Crippen LogP contribution in [0.1, 0.15) is 27.7 Å². The third-order valence-corrected chi connectivity index (χ3v) is 3.48. The van der Waals surface area contributed by atoms with Crippen molar-refractivity contribution in [3.63, 3.8) is 0 Å². The number of nitrogens with zero attached hydrogens (tertiary/aromatic N) is 2. The number of hydrogen-bond donors (Lipinski definition) is 0. The van der Waals surface area contributed by atoms with Crippen LogP contribution in [0.15, 0.2) is 0 Å². The zero-order chi connectivity index (χ0) is 11.5. The third kappa shape index (κ3) is 3.58. The molecule has 0 saturated carbocycles. The Kier molecular flexibility index (Phi) is 4.29. The van der Waals surface area contributed by atoms with Gasteiger partial charge < -0.3 is 4.90 Å². The second-order valence-corrected chi connectivity index (χ2v) is 5.15. The Labute approximate surface area is 93.4 Å². The minimum atomic E-state index is -0.186. The second kappa shape index (κ2) is 5.08. The minimum absolute atomic E-state index is 0.186. The first-order valence-electron chi connectivity index (χ1n) is 5.91. The van der Waals surface area contributed by atoms with Gasteiger partial charge in [0.05, 0.1) is 0 Å². The van der Waals surface area contributed by atoms with Crippen LogP contribution >= 0.6 is 0 Å². The molecular weight excluding hydrogens is 188 g/mol. The number of carbonyl (C=O) groups is 1. The van der Waals surface area contributed by atoms with Crippen molar-refractivity contribution in [2.45, 2.75) is 27.7 Å². The summed E-state index contributed by atoms with van der Waals surface area (Å²) in [6.07, 6.45) is 0. The third-order valence-electron chi connectivity index (χ3n) is 3.48. The van der Waals surface area contributed by atoms with Crippen molar-refractivity contribution in [3.05, 3.63) is 0 Å². The van der Waals surface area contributed by atoms with Gasteiger partial charge in [0.1, 0.15) is 5.78 Å². The molecule has 0 N–H and O–H groups in total. The second-order valence-electron chi connectivity index (χ2n) is 5.15. The van der Waals surface area contributed by atoms with Crippen LogP contribution in [0.3, 0.4) is 0 Å². The summed E-state index contributed by atoms with van der Waals surface area (Å²) in [4.78, 5) is 16.3. The average Bonchev–Trinajstić information content (AvgIpc) is 2.18. The molecule has 1 fully saturated rings. The molecule has 0 aliphatic carbocycles. The van der Waals surface area contributed by atoms with Gasteiger partial charge in [0.2, 0.25) is 0 Å². The molecule has 0 amide bonds. The van der Waals surface area contributed by atoms with Crippen molar-refractivity contribution >= 4 is 5.78 Å². The highest BCUT2D eigenvalue weighted by Gasteiger charge is 2.28. The van der Waals surface area contributed by atoms with Crippen LogP contribution in [0.25, 0.3) is 0 Å². The van der Waals surface area contributed by atoms with E-state index in [0.29, 0.717) is 5.78 Å². The Bertz CT molecular complexity index is 218. The molecule has 1 saturated heterocycles. The molecule has 15 heavy (non-hydrogen) atoms. The zero-order valence-corrected chi connectivity index (χ0v) is 10.5. The standard InChI is InChI=1S/C12H24N2O/c1-5-13-6-8-14(9-7-13)10-12(3,4)11(2)15/h5-10H2,1-4H3. The van der Waals surface area contributed by atoms with Gasteiger partial charge in [-0.3, -0.25) is 9.69 Å². The molecule has 0 aromatic carbocycles. The van der Waals surface area contributed by atoms with E-state index in [1.165, 1.54) is 0 Å². The monoisotopic (exact) mass is 212 g/mol. The van der Waals surface area contributed by atoms with Crippen LogP contribution in [0.5, 0.6) is 0 Å². The molecule has 3 nitrogen and oxygen atoms in total. The molecule has 0 unspecified atom stereocenters. The summed E-state index contributed by atoms with van der Waals surface area (Å²) in [7, 11) is 0. The zero-order valence-electron chi connectivity index (χ0n) is 10.5. The summed E-state index contributed by atoms with van der Waals surface area (Å²) in [5.41, 5.74) is -0.186. The Morgan fingerprint density at radius 3 is 2.00 bits per heavy atom. The lowest BCUT2D eigenvalue weighted by Crippen LogP contribution is -2.49. The molecular formula is C12H24N2O. The molecule has 1 rings (SSSR count). The van der Waals surface area contributed by atoms with Crippen LogP contribution in [0.4, 0.5) is 0 Å². The number of piperazine rings is 1. The quantitative estimate of drug-likeness (QED) is 0.700. The van der Waals surface area contributed by atoms with Gasteiger partial charge in [-0.2, -0.15) is 0 Å². The van der Waals surface area contributed by atoms with Gasteiger partial charge in [-0.15, -0.1) is 0 Å². The van der Waals surface area contributed by atoms with Crippen LogP contribution in [0, 0.1) is 5.41 Å². The van der Waals surface area contributed by atoms with Crippen LogP contribution < -0.4 is 0 Å². The number of ketones is 1. The van der Waals surface area contributed by atoms with Gasteiger partial charge in [-0.1, -0.05) is 20.8 Å². The fourth-order valence-electron chi connectivity index (χ4n) is 1.93. The Hall–Kier alpha value is -0.410. The molecule has 88 valence electrons. The molecule has 0 aromatic heterocycles. The molecule has 0 aromatic rings. The van der Waals surface area contributed by atoms with E-state index in [4.69, 9.17) is 0 Å². The number of carbonyl (C=O) groups excluding carboxylic acids is 1. The molecule has 1 aliphatic rings. The number of likely N-dealkylation sites (N-methyl/N-ethyl adjacent to an activating group) is 1. The summed E-state index contributed by atoms with van der Waals surface area (Å²) in [5, 5.41) is 0. The summed E-state index contributed by atoms with van der Waals surface area (Å²) >= 11 is 0. The van der Waals surface area contributed by atoms with Crippen molar-refractivity contribution in [1.82, 2.24) is 9.80 Å². The Morgan fingerprint density at radius 1 is 1.13 bits per heavy atom. The maximum atomic E-state index is 11.4. The number of rotatable bonds is 4. The van der Waals surface area contributed by atoms with E-state index in [1.807, 2.05) is 13.8 Å². The van der Waals surface area contributed by atoms with E-state index in [0.717, 1.165) is 39.3 Å². The molecule has 0 bridgehead atoms. The summed E-state index contributed by atoms with van der Waals surface area (Å²) in [5.74, 6) is 0.292. The van der Waals surface area contributed by atoms with Crippen LogP contribution in [0.2, 0.25) is 0 Å². The van der Waals surface area contributed by atoms with E-state index in [-0.39, 0.29) is 5.41 Å². The van der Waals surface area contributed by atoms with Gasteiger partial charge >= 0.3 is 0 Å². The van der Waals surface area contributed by atoms with E-state index in [1.54, 1.807) is 6.92 Å². The predicted molar refractivity (Wildman–Crippen MR) is 63.0 cm³/mol.